The number of ether oxygens (including phenoxy) is 2. The quantitative estimate of drug-likeness (QED) is 0.853. The van der Waals surface area contributed by atoms with Gasteiger partial charge < -0.3 is 24.9 Å². The lowest BCUT2D eigenvalue weighted by atomic mass is 10.2. The molecule has 1 aromatic carbocycles. The number of carbonyl (C=O) groups is 1. The van der Waals surface area contributed by atoms with Crippen molar-refractivity contribution in [3.63, 3.8) is 0 Å². The molecule has 6 nitrogen and oxygen atoms in total. The standard InChI is InChI=1S/C15H18N2O4/c1-3-20-14-5-4-11(19-2)7-13(14)17-15(18)10-6-12(8-16)21-9-10/h4-7,9H,3,8,16H2,1-2H3,(H,17,18). The number of nitrogens with two attached hydrogens (primary N) is 1. The first-order valence-electron chi connectivity index (χ1n) is 6.57. The molecule has 6 heteroatoms. The second-order valence-corrected chi connectivity index (χ2v) is 4.26. The molecule has 0 radical (unpaired) electrons. The Balaban J connectivity index is 2.22. The van der Waals surface area contributed by atoms with E-state index in [2.05, 4.69) is 5.32 Å². The van der Waals surface area contributed by atoms with Crippen molar-refractivity contribution in [3.05, 3.63) is 41.9 Å². The van der Waals surface area contributed by atoms with Gasteiger partial charge in [0.25, 0.3) is 5.91 Å². The maximum Gasteiger partial charge on any atom is 0.259 e. The number of methoxy groups -OCH3 is 1. The second kappa shape index (κ2) is 6.81. The van der Waals surface area contributed by atoms with Crippen LogP contribution in [0.5, 0.6) is 11.5 Å². The summed E-state index contributed by atoms with van der Waals surface area (Å²) in [6.07, 6.45) is 1.37. The summed E-state index contributed by atoms with van der Waals surface area (Å²) >= 11 is 0. The van der Waals surface area contributed by atoms with E-state index in [1.165, 1.54) is 6.26 Å². The average molecular weight is 290 g/mol. The van der Waals surface area contributed by atoms with Gasteiger partial charge in [-0.05, 0) is 25.1 Å². The largest absolute Gasteiger partial charge is 0.497 e. The fraction of sp³-hybridized carbons (Fsp3) is 0.267. The molecule has 0 aliphatic carbocycles. The molecule has 1 heterocycles. The van der Waals surface area contributed by atoms with Crippen molar-refractivity contribution in [2.45, 2.75) is 13.5 Å². The first-order chi connectivity index (χ1) is 10.2. The van der Waals surface area contributed by atoms with Gasteiger partial charge in [0.15, 0.2) is 0 Å². The van der Waals surface area contributed by atoms with E-state index >= 15 is 0 Å². The van der Waals surface area contributed by atoms with Crippen molar-refractivity contribution in [1.29, 1.82) is 0 Å². The fourth-order valence-corrected chi connectivity index (χ4v) is 1.82. The molecule has 0 aliphatic heterocycles. The van der Waals surface area contributed by atoms with E-state index in [1.54, 1.807) is 31.4 Å². The fourth-order valence-electron chi connectivity index (χ4n) is 1.82. The molecule has 0 fully saturated rings. The van der Waals surface area contributed by atoms with Crippen LogP contribution in [0.4, 0.5) is 5.69 Å². The molecule has 0 aliphatic rings. The number of anilines is 1. The number of hydrogen-bond donors (Lipinski definition) is 2. The molecule has 0 saturated heterocycles. The van der Waals surface area contributed by atoms with Gasteiger partial charge in [0, 0.05) is 6.07 Å². The van der Waals surface area contributed by atoms with Gasteiger partial charge >= 0.3 is 0 Å². The highest BCUT2D eigenvalue weighted by atomic mass is 16.5. The predicted molar refractivity (Wildman–Crippen MR) is 78.7 cm³/mol. The van der Waals surface area contributed by atoms with Crippen LogP contribution in [0.15, 0.2) is 34.9 Å². The van der Waals surface area contributed by atoms with E-state index in [9.17, 15) is 4.79 Å². The summed E-state index contributed by atoms with van der Waals surface area (Å²) in [5.74, 6) is 1.46. The highest BCUT2D eigenvalue weighted by Crippen LogP contribution is 2.29. The molecule has 1 aromatic heterocycles. The first kappa shape index (κ1) is 14.9. The normalized spacial score (nSPS) is 10.2. The molecule has 2 aromatic rings. The van der Waals surface area contributed by atoms with Crippen LogP contribution in [-0.2, 0) is 6.54 Å². The van der Waals surface area contributed by atoms with Crippen LogP contribution in [0.25, 0.3) is 0 Å². The van der Waals surface area contributed by atoms with Crippen molar-refractivity contribution < 1.29 is 18.7 Å². The van der Waals surface area contributed by atoms with Gasteiger partial charge in [0.05, 0.1) is 31.5 Å². The number of benzene rings is 1. The Morgan fingerprint density at radius 1 is 1.38 bits per heavy atom. The average Bonchev–Trinajstić information content (AvgIpc) is 2.98. The smallest absolute Gasteiger partial charge is 0.259 e. The maximum atomic E-state index is 12.2. The van der Waals surface area contributed by atoms with Crippen LogP contribution in [0, 0.1) is 0 Å². The number of hydrogen-bond acceptors (Lipinski definition) is 5. The molecule has 0 spiro atoms. The molecule has 21 heavy (non-hydrogen) atoms. The van der Waals surface area contributed by atoms with E-state index < -0.39 is 0 Å². The van der Waals surface area contributed by atoms with Gasteiger partial charge in [-0.25, -0.2) is 0 Å². The van der Waals surface area contributed by atoms with E-state index in [4.69, 9.17) is 19.6 Å². The summed E-state index contributed by atoms with van der Waals surface area (Å²) in [6.45, 7) is 2.62. The summed E-state index contributed by atoms with van der Waals surface area (Å²) < 4.78 is 15.8. The highest BCUT2D eigenvalue weighted by molar-refractivity contribution is 6.05. The highest BCUT2D eigenvalue weighted by Gasteiger charge is 2.13. The molecule has 0 unspecified atom stereocenters. The van der Waals surface area contributed by atoms with Gasteiger partial charge in [-0.15, -0.1) is 0 Å². The monoisotopic (exact) mass is 290 g/mol. The van der Waals surface area contributed by atoms with Crippen LogP contribution in [0.1, 0.15) is 23.0 Å². The SMILES string of the molecule is CCOc1ccc(OC)cc1NC(=O)c1coc(CN)c1. The summed E-state index contributed by atoms with van der Waals surface area (Å²) in [6, 6.07) is 6.83. The van der Waals surface area contributed by atoms with Crippen molar-refractivity contribution >= 4 is 11.6 Å². The van der Waals surface area contributed by atoms with Crippen LogP contribution >= 0.6 is 0 Å². The van der Waals surface area contributed by atoms with E-state index in [-0.39, 0.29) is 12.5 Å². The molecule has 0 bridgehead atoms. The number of nitrogens with one attached hydrogen (secondary N) is 1. The molecule has 0 atom stereocenters. The zero-order valence-electron chi connectivity index (χ0n) is 12.0. The molecule has 2 rings (SSSR count). The Bertz CT molecular complexity index is 622. The van der Waals surface area contributed by atoms with E-state index in [0.29, 0.717) is 35.1 Å². The number of amides is 1. The Kier molecular flexibility index (Phi) is 4.84. The number of carbonyl (C=O) groups excluding carboxylic acids is 1. The molecular formula is C15H18N2O4. The maximum absolute atomic E-state index is 12.2. The Morgan fingerprint density at radius 3 is 2.81 bits per heavy atom. The zero-order valence-corrected chi connectivity index (χ0v) is 12.0. The Morgan fingerprint density at radius 2 is 2.19 bits per heavy atom. The van der Waals surface area contributed by atoms with Gasteiger partial charge in [-0.3, -0.25) is 4.79 Å². The van der Waals surface area contributed by atoms with Crippen molar-refractivity contribution in [2.24, 2.45) is 5.73 Å². The number of rotatable bonds is 6. The first-order valence-corrected chi connectivity index (χ1v) is 6.57. The van der Waals surface area contributed by atoms with E-state index in [1.807, 2.05) is 6.92 Å². The third-order valence-electron chi connectivity index (χ3n) is 2.85. The summed E-state index contributed by atoms with van der Waals surface area (Å²) in [7, 11) is 1.56. The minimum absolute atomic E-state index is 0.247. The van der Waals surface area contributed by atoms with Crippen LogP contribution in [0.3, 0.4) is 0 Å². The van der Waals surface area contributed by atoms with Crippen LogP contribution < -0.4 is 20.5 Å². The lowest BCUT2D eigenvalue weighted by Crippen LogP contribution is -2.12. The van der Waals surface area contributed by atoms with Gasteiger partial charge in [0.2, 0.25) is 0 Å². The molecule has 0 saturated carbocycles. The summed E-state index contributed by atoms with van der Waals surface area (Å²) in [5.41, 5.74) is 6.40. The van der Waals surface area contributed by atoms with Crippen molar-refractivity contribution in [1.82, 2.24) is 0 Å². The topological polar surface area (TPSA) is 86.7 Å². The summed E-state index contributed by atoms with van der Waals surface area (Å²) in [5, 5.41) is 2.78. The molecule has 3 N–H and O–H groups in total. The third kappa shape index (κ3) is 3.55. The molecular weight excluding hydrogens is 272 g/mol. The van der Waals surface area contributed by atoms with Gasteiger partial charge in [-0.2, -0.15) is 0 Å². The Labute approximate surface area is 122 Å². The lowest BCUT2D eigenvalue weighted by molar-refractivity contribution is 0.102. The Hall–Kier alpha value is -2.47. The minimum atomic E-state index is -0.298. The second-order valence-electron chi connectivity index (χ2n) is 4.26. The third-order valence-corrected chi connectivity index (χ3v) is 2.85. The van der Waals surface area contributed by atoms with Crippen molar-refractivity contribution in [3.8, 4) is 11.5 Å². The van der Waals surface area contributed by atoms with E-state index in [0.717, 1.165) is 0 Å². The van der Waals surface area contributed by atoms with Crippen molar-refractivity contribution in [2.75, 3.05) is 19.0 Å². The number of furan rings is 1. The van der Waals surface area contributed by atoms with Gasteiger partial charge in [-0.1, -0.05) is 0 Å². The molecule has 112 valence electrons. The van der Waals surface area contributed by atoms with Gasteiger partial charge in [0.1, 0.15) is 23.5 Å². The summed E-state index contributed by atoms with van der Waals surface area (Å²) in [4.78, 5) is 12.2. The van der Waals surface area contributed by atoms with Crippen LogP contribution in [0.2, 0.25) is 0 Å². The zero-order chi connectivity index (χ0) is 15.2. The van der Waals surface area contributed by atoms with Crippen LogP contribution in [-0.4, -0.2) is 19.6 Å². The lowest BCUT2D eigenvalue weighted by Gasteiger charge is -2.12. The molecule has 1 amide bonds. The minimum Gasteiger partial charge on any atom is -0.497 e. The predicted octanol–water partition coefficient (Wildman–Crippen LogP) is 2.40.